The Morgan fingerprint density at radius 3 is 2.85 bits per heavy atom. The van der Waals surface area contributed by atoms with Crippen molar-refractivity contribution < 1.29 is 14.3 Å². The van der Waals surface area contributed by atoms with E-state index >= 15 is 0 Å². The van der Waals surface area contributed by atoms with E-state index in [9.17, 15) is 9.59 Å². The van der Waals surface area contributed by atoms with Gasteiger partial charge in [-0.15, -0.1) is 0 Å². The zero-order chi connectivity index (χ0) is 22.8. The van der Waals surface area contributed by atoms with Crippen LogP contribution in [0.1, 0.15) is 33.2 Å². The van der Waals surface area contributed by atoms with E-state index in [0.717, 1.165) is 67.8 Å². The lowest BCUT2D eigenvalue weighted by molar-refractivity contribution is -0.120. The number of benzene rings is 2. The smallest absolute Gasteiger partial charge is 0.251 e. The maximum Gasteiger partial charge on any atom is 0.251 e. The lowest BCUT2D eigenvalue weighted by atomic mass is 9.92. The van der Waals surface area contributed by atoms with Gasteiger partial charge >= 0.3 is 0 Å². The van der Waals surface area contributed by atoms with E-state index in [2.05, 4.69) is 15.2 Å². The van der Waals surface area contributed by atoms with Gasteiger partial charge in [-0.2, -0.15) is 0 Å². The molecule has 1 aromatic heterocycles. The van der Waals surface area contributed by atoms with E-state index in [1.165, 1.54) is 5.56 Å². The molecule has 3 heterocycles. The number of morpholine rings is 1. The predicted molar refractivity (Wildman–Crippen MR) is 128 cm³/mol. The minimum absolute atomic E-state index is 0.109. The SMILES string of the molecule is O=CN1CCc2c([nH]c3ccc(Cl)cc23)C1c1cccc(C(=O)NCCN2CCOCC2)c1. The second-order valence-electron chi connectivity index (χ2n) is 8.54. The van der Waals surface area contributed by atoms with Crippen molar-refractivity contribution in [2.45, 2.75) is 12.5 Å². The number of hydrogen-bond acceptors (Lipinski definition) is 4. The molecule has 1 unspecified atom stereocenters. The molecule has 2 amide bonds. The van der Waals surface area contributed by atoms with Gasteiger partial charge in [-0.3, -0.25) is 14.5 Å². The van der Waals surface area contributed by atoms with E-state index in [1.54, 1.807) is 4.90 Å². The monoisotopic (exact) mass is 466 g/mol. The molecule has 172 valence electrons. The Balaban J connectivity index is 1.38. The Morgan fingerprint density at radius 1 is 1.18 bits per heavy atom. The second-order valence-corrected chi connectivity index (χ2v) is 8.97. The average Bonchev–Trinajstić information content (AvgIpc) is 3.21. The fourth-order valence-electron chi connectivity index (χ4n) is 4.86. The normalized spacial score (nSPS) is 18.8. The summed E-state index contributed by atoms with van der Waals surface area (Å²) in [5.41, 5.74) is 4.65. The highest BCUT2D eigenvalue weighted by molar-refractivity contribution is 6.31. The van der Waals surface area contributed by atoms with Gasteiger partial charge in [0.05, 0.1) is 19.3 Å². The van der Waals surface area contributed by atoms with Crippen molar-refractivity contribution >= 4 is 34.8 Å². The zero-order valence-electron chi connectivity index (χ0n) is 18.4. The quantitative estimate of drug-likeness (QED) is 0.547. The van der Waals surface area contributed by atoms with Gasteiger partial charge in [-0.1, -0.05) is 23.7 Å². The molecule has 0 bridgehead atoms. The Morgan fingerprint density at radius 2 is 2.03 bits per heavy atom. The van der Waals surface area contributed by atoms with Crippen molar-refractivity contribution in [3.63, 3.8) is 0 Å². The summed E-state index contributed by atoms with van der Waals surface area (Å²) in [5.74, 6) is -0.109. The molecule has 0 spiro atoms. The van der Waals surface area contributed by atoms with Gasteiger partial charge in [-0.05, 0) is 47.9 Å². The maximum atomic E-state index is 12.8. The summed E-state index contributed by atoms with van der Waals surface area (Å²) < 4.78 is 5.37. The number of carbonyl (C=O) groups excluding carboxylic acids is 2. The standard InChI is InChI=1S/C25H27ClN4O3/c26-19-4-5-22-21(15-19)20-6-8-30(16-31)24(23(20)28-22)17-2-1-3-18(14-17)25(32)27-7-9-29-10-12-33-13-11-29/h1-5,14-16,24,28H,6-13H2,(H,27,32). The van der Waals surface area contributed by atoms with Crippen molar-refractivity contribution in [2.24, 2.45) is 0 Å². The minimum atomic E-state index is -0.279. The first-order chi connectivity index (χ1) is 16.1. The highest BCUT2D eigenvalue weighted by atomic mass is 35.5. The van der Waals surface area contributed by atoms with Crippen LogP contribution in [-0.2, 0) is 16.0 Å². The van der Waals surface area contributed by atoms with E-state index in [-0.39, 0.29) is 11.9 Å². The number of H-pyrrole nitrogens is 1. The first-order valence-corrected chi connectivity index (χ1v) is 11.7. The third-order valence-corrected chi connectivity index (χ3v) is 6.78. The Hall–Kier alpha value is -2.87. The first kappa shape index (κ1) is 21.9. The summed E-state index contributed by atoms with van der Waals surface area (Å²) in [7, 11) is 0. The summed E-state index contributed by atoms with van der Waals surface area (Å²) in [6.45, 7) is 5.27. The predicted octanol–water partition coefficient (Wildman–Crippen LogP) is 2.99. The molecule has 1 atom stereocenters. The van der Waals surface area contributed by atoms with Gasteiger partial charge in [0.15, 0.2) is 0 Å². The van der Waals surface area contributed by atoms with Gasteiger partial charge in [-0.25, -0.2) is 0 Å². The second kappa shape index (κ2) is 9.55. The molecule has 1 saturated heterocycles. The van der Waals surface area contributed by atoms with Gasteiger partial charge in [0.2, 0.25) is 6.41 Å². The fraction of sp³-hybridized carbons (Fsp3) is 0.360. The van der Waals surface area contributed by atoms with Crippen molar-refractivity contribution in [3.8, 4) is 0 Å². The molecular weight excluding hydrogens is 440 g/mol. The summed E-state index contributed by atoms with van der Waals surface area (Å²) >= 11 is 6.24. The number of nitrogens with one attached hydrogen (secondary N) is 2. The van der Waals surface area contributed by atoms with Crippen LogP contribution < -0.4 is 5.32 Å². The molecule has 3 aromatic rings. The number of aromatic amines is 1. The minimum Gasteiger partial charge on any atom is -0.379 e. The third kappa shape index (κ3) is 4.49. The summed E-state index contributed by atoms with van der Waals surface area (Å²) in [6, 6.07) is 13.1. The molecule has 1 fully saturated rings. The Labute approximate surface area is 197 Å². The molecule has 2 aliphatic rings. The third-order valence-electron chi connectivity index (χ3n) is 6.54. The average molecular weight is 467 g/mol. The van der Waals surface area contributed by atoms with Crippen molar-refractivity contribution in [3.05, 3.63) is 69.9 Å². The molecule has 5 rings (SSSR count). The molecule has 2 aromatic carbocycles. The van der Waals surface area contributed by atoms with E-state index in [1.807, 2.05) is 42.5 Å². The number of rotatable bonds is 6. The summed E-state index contributed by atoms with van der Waals surface area (Å²) in [4.78, 5) is 32.3. The molecule has 0 aliphatic carbocycles. The van der Waals surface area contributed by atoms with Gasteiger partial charge in [0.1, 0.15) is 0 Å². The number of carbonyl (C=O) groups is 2. The van der Waals surface area contributed by atoms with Crippen LogP contribution in [0.15, 0.2) is 42.5 Å². The van der Waals surface area contributed by atoms with Crippen LogP contribution in [0.4, 0.5) is 0 Å². The Bertz CT molecular complexity index is 1170. The number of hydrogen-bond donors (Lipinski definition) is 2. The van der Waals surface area contributed by atoms with Crippen LogP contribution in [-0.4, -0.2) is 73.0 Å². The van der Waals surface area contributed by atoms with E-state index in [4.69, 9.17) is 16.3 Å². The highest BCUT2D eigenvalue weighted by Crippen LogP contribution is 2.38. The fourth-order valence-corrected chi connectivity index (χ4v) is 5.03. The number of halogens is 1. The van der Waals surface area contributed by atoms with Gasteiger partial charge in [0, 0.05) is 59.9 Å². The summed E-state index contributed by atoms with van der Waals surface area (Å²) in [6.07, 6.45) is 1.65. The van der Waals surface area contributed by atoms with Crippen LogP contribution in [0.5, 0.6) is 0 Å². The largest absolute Gasteiger partial charge is 0.379 e. The van der Waals surface area contributed by atoms with Crippen LogP contribution in [0.3, 0.4) is 0 Å². The van der Waals surface area contributed by atoms with Crippen molar-refractivity contribution in [1.82, 2.24) is 20.1 Å². The van der Waals surface area contributed by atoms with E-state index < -0.39 is 0 Å². The lowest BCUT2D eigenvalue weighted by Gasteiger charge is -2.33. The molecule has 8 heteroatoms. The maximum absolute atomic E-state index is 12.8. The Kier molecular flexibility index (Phi) is 6.35. The highest BCUT2D eigenvalue weighted by Gasteiger charge is 2.31. The van der Waals surface area contributed by atoms with Gasteiger partial charge < -0.3 is 19.9 Å². The molecule has 2 aliphatic heterocycles. The van der Waals surface area contributed by atoms with E-state index in [0.29, 0.717) is 23.7 Å². The lowest BCUT2D eigenvalue weighted by Crippen LogP contribution is -2.41. The van der Waals surface area contributed by atoms with Gasteiger partial charge in [0.25, 0.3) is 5.91 Å². The molecule has 33 heavy (non-hydrogen) atoms. The molecule has 7 nitrogen and oxygen atoms in total. The van der Waals surface area contributed by atoms with Crippen LogP contribution in [0.2, 0.25) is 5.02 Å². The number of nitrogens with zero attached hydrogens (tertiary/aromatic N) is 2. The van der Waals surface area contributed by atoms with Crippen LogP contribution >= 0.6 is 11.6 Å². The van der Waals surface area contributed by atoms with Crippen molar-refractivity contribution in [1.29, 1.82) is 0 Å². The molecule has 0 radical (unpaired) electrons. The first-order valence-electron chi connectivity index (χ1n) is 11.3. The number of fused-ring (bicyclic) bond motifs is 3. The van der Waals surface area contributed by atoms with Crippen molar-refractivity contribution in [2.75, 3.05) is 45.9 Å². The summed E-state index contributed by atoms with van der Waals surface area (Å²) in [5, 5.41) is 4.80. The zero-order valence-corrected chi connectivity index (χ0v) is 19.1. The number of aromatic nitrogens is 1. The molecular formula is C25H27ClN4O3. The van der Waals surface area contributed by atoms with Crippen LogP contribution in [0, 0.1) is 0 Å². The topological polar surface area (TPSA) is 77.7 Å². The molecule has 2 N–H and O–H groups in total. The number of amides is 2. The number of ether oxygens (including phenoxy) is 1. The van der Waals surface area contributed by atoms with Crippen LogP contribution in [0.25, 0.3) is 10.9 Å². The molecule has 0 saturated carbocycles.